The Kier molecular flexibility index (Phi) is 6.58. The molecule has 0 radical (unpaired) electrons. The average Bonchev–Trinajstić information content (AvgIpc) is 3.70. The van der Waals surface area contributed by atoms with Crippen LogP contribution in [0.5, 0.6) is 0 Å². The fraction of sp³-hybridized carbons (Fsp3) is 0.484. The summed E-state index contributed by atoms with van der Waals surface area (Å²) in [5.74, 6) is -4.28. The summed E-state index contributed by atoms with van der Waals surface area (Å²) in [5.41, 5.74) is -7.44. The van der Waals surface area contributed by atoms with E-state index in [4.69, 9.17) is 13.6 Å². The molecular weight excluding hydrogens is 570 g/mol. The van der Waals surface area contributed by atoms with Crippen LogP contribution < -0.4 is 0 Å². The third-order valence-electron chi connectivity index (χ3n) is 10.4. The lowest BCUT2D eigenvalue weighted by atomic mass is 9.44. The van der Waals surface area contributed by atoms with Gasteiger partial charge in [-0.3, -0.25) is 14.4 Å². The van der Waals surface area contributed by atoms with Crippen LogP contribution in [-0.2, 0) is 14.3 Å². The second kappa shape index (κ2) is 9.60. The van der Waals surface area contributed by atoms with Gasteiger partial charge in [0.2, 0.25) is 10.9 Å². The number of esters is 1. The molecule has 2 aromatic heterocycles. The second-order valence-electron chi connectivity index (χ2n) is 12.3. The standard InChI is InChI=1S/C31H30F2O8S/c1-16-12-18-19-14-21(32)20-13-17(34)8-9-28(20,2)30(19,33)24(35)15-29(18,3)31(16,41-25(36)22-6-4-10-39-22)27(38)42-26(37)23-7-5-11-40-23/h4-11,13,16,18-19,21,24,35H,12,14-15H2,1-3H3/t16-,18?,19?,21+,24+,28?,29+,30+,31+/m1/s1. The van der Waals surface area contributed by atoms with E-state index in [1.807, 2.05) is 0 Å². The molecule has 3 unspecified atom stereocenters. The van der Waals surface area contributed by atoms with Gasteiger partial charge in [-0.05, 0) is 85.9 Å². The lowest BCUT2D eigenvalue weighted by Gasteiger charge is -2.63. The van der Waals surface area contributed by atoms with Gasteiger partial charge in [0.05, 0.1) is 18.6 Å². The van der Waals surface area contributed by atoms with E-state index < -0.39 is 74.1 Å². The van der Waals surface area contributed by atoms with Crippen LogP contribution in [0.15, 0.2) is 69.4 Å². The molecule has 9 atom stereocenters. The molecule has 0 saturated heterocycles. The summed E-state index contributed by atoms with van der Waals surface area (Å²) >= 11 is 0.312. The molecule has 0 aromatic carbocycles. The van der Waals surface area contributed by atoms with E-state index in [0.29, 0.717) is 11.8 Å². The normalized spacial score (nSPS) is 40.5. The molecule has 0 amide bonds. The van der Waals surface area contributed by atoms with Gasteiger partial charge in [-0.1, -0.05) is 19.9 Å². The minimum Gasteiger partial charge on any atom is -0.460 e. The number of halogens is 2. The maximum Gasteiger partial charge on any atom is 0.375 e. The van der Waals surface area contributed by atoms with E-state index in [0.717, 1.165) is 6.08 Å². The zero-order chi connectivity index (χ0) is 30.2. The highest BCUT2D eigenvalue weighted by Gasteiger charge is 2.78. The van der Waals surface area contributed by atoms with Crippen LogP contribution in [0.3, 0.4) is 0 Å². The van der Waals surface area contributed by atoms with Gasteiger partial charge in [-0.25, -0.2) is 13.6 Å². The van der Waals surface area contributed by atoms with E-state index in [1.54, 1.807) is 13.8 Å². The number of aliphatic hydroxyl groups excluding tert-OH is 1. The van der Waals surface area contributed by atoms with Gasteiger partial charge in [-0.2, -0.15) is 0 Å². The number of rotatable bonds is 4. The summed E-state index contributed by atoms with van der Waals surface area (Å²) in [6.45, 7) is 4.79. The first-order valence-corrected chi connectivity index (χ1v) is 14.6. The van der Waals surface area contributed by atoms with Crippen LogP contribution in [0.1, 0.15) is 61.1 Å². The number of hydrogen-bond acceptors (Lipinski definition) is 9. The number of furan rings is 2. The highest BCUT2D eigenvalue weighted by atomic mass is 32.2. The molecule has 2 aromatic rings. The monoisotopic (exact) mass is 600 g/mol. The number of ketones is 1. The van der Waals surface area contributed by atoms with Crippen LogP contribution in [0.4, 0.5) is 8.78 Å². The number of aliphatic hydroxyl groups is 1. The summed E-state index contributed by atoms with van der Waals surface area (Å²) in [4.78, 5) is 52.8. The Morgan fingerprint density at radius 1 is 1.07 bits per heavy atom. The van der Waals surface area contributed by atoms with Crippen molar-refractivity contribution in [2.75, 3.05) is 0 Å². The van der Waals surface area contributed by atoms with Gasteiger partial charge in [0.15, 0.2) is 22.8 Å². The number of hydrogen-bond donors (Lipinski definition) is 1. The van der Waals surface area contributed by atoms with Crippen molar-refractivity contribution in [3.05, 3.63) is 72.1 Å². The molecule has 0 spiro atoms. The topological polar surface area (TPSA) is 124 Å². The summed E-state index contributed by atoms with van der Waals surface area (Å²) in [7, 11) is 0. The highest BCUT2D eigenvalue weighted by molar-refractivity contribution is 8.26. The summed E-state index contributed by atoms with van der Waals surface area (Å²) in [5, 5.41) is 10.2. The Hall–Kier alpha value is -3.31. The molecule has 3 saturated carbocycles. The molecule has 4 aliphatic rings. The Morgan fingerprint density at radius 3 is 2.38 bits per heavy atom. The van der Waals surface area contributed by atoms with Crippen molar-refractivity contribution in [1.82, 2.24) is 0 Å². The smallest absolute Gasteiger partial charge is 0.375 e. The minimum absolute atomic E-state index is 0.0198. The van der Waals surface area contributed by atoms with Crippen molar-refractivity contribution >= 4 is 33.7 Å². The zero-order valence-corrected chi connectivity index (χ0v) is 24.0. The number of carbonyl (C=O) groups is 4. The number of allylic oxidation sites excluding steroid dienone is 4. The zero-order valence-electron chi connectivity index (χ0n) is 23.2. The van der Waals surface area contributed by atoms with E-state index in [1.165, 1.54) is 55.9 Å². The highest BCUT2D eigenvalue weighted by Crippen LogP contribution is 2.72. The van der Waals surface area contributed by atoms with E-state index in [2.05, 4.69) is 0 Å². The average molecular weight is 601 g/mol. The molecule has 42 heavy (non-hydrogen) atoms. The maximum atomic E-state index is 17.6. The Bertz CT molecular complexity index is 1510. The lowest BCUT2D eigenvalue weighted by Crippen LogP contribution is -2.70. The van der Waals surface area contributed by atoms with Gasteiger partial charge in [0.25, 0.3) is 5.12 Å². The largest absolute Gasteiger partial charge is 0.460 e. The van der Waals surface area contributed by atoms with Gasteiger partial charge in [0, 0.05) is 22.7 Å². The van der Waals surface area contributed by atoms with Gasteiger partial charge in [0.1, 0.15) is 6.17 Å². The third-order valence-corrected chi connectivity index (χ3v) is 11.2. The van der Waals surface area contributed by atoms with Crippen molar-refractivity contribution in [2.45, 2.75) is 63.6 Å². The molecule has 6 rings (SSSR count). The van der Waals surface area contributed by atoms with Gasteiger partial charge in [-0.15, -0.1) is 0 Å². The molecule has 2 heterocycles. The number of fused-ring (bicyclic) bond motifs is 5. The number of ether oxygens (including phenoxy) is 1. The van der Waals surface area contributed by atoms with Crippen LogP contribution in [0, 0.1) is 28.6 Å². The van der Waals surface area contributed by atoms with Crippen molar-refractivity contribution in [2.24, 2.45) is 28.6 Å². The Labute approximate surface area is 244 Å². The number of thioether (sulfide) groups is 1. The van der Waals surface area contributed by atoms with Crippen molar-refractivity contribution in [3.8, 4) is 0 Å². The molecule has 222 valence electrons. The SMILES string of the molecule is C[C@@H]1CC2C3C[C@H](F)C4=CC(=O)C=CC4(C)[C@@]3(F)[C@@H](O)C[C@]2(C)[C@@]1(OC(=O)c1ccco1)C(=O)SC(=O)c1ccco1. The summed E-state index contributed by atoms with van der Waals surface area (Å²) < 4.78 is 49.9. The minimum atomic E-state index is -2.39. The van der Waals surface area contributed by atoms with Crippen molar-refractivity contribution in [1.29, 1.82) is 0 Å². The fourth-order valence-corrected chi connectivity index (χ4v) is 9.43. The molecule has 1 N–H and O–H groups in total. The van der Waals surface area contributed by atoms with Gasteiger partial charge >= 0.3 is 5.97 Å². The third kappa shape index (κ3) is 3.68. The molecule has 0 aliphatic heterocycles. The first-order chi connectivity index (χ1) is 19.8. The maximum absolute atomic E-state index is 17.6. The van der Waals surface area contributed by atoms with Crippen molar-refractivity contribution < 1.29 is 46.6 Å². The molecule has 0 bridgehead atoms. The van der Waals surface area contributed by atoms with Crippen LogP contribution in [0.2, 0.25) is 0 Å². The Morgan fingerprint density at radius 2 is 1.74 bits per heavy atom. The number of carbonyl (C=O) groups excluding carboxylic acids is 4. The Balaban J connectivity index is 1.46. The van der Waals surface area contributed by atoms with Crippen LogP contribution in [-0.4, -0.2) is 50.6 Å². The first-order valence-electron chi connectivity index (χ1n) is 13.8. The van der Waals surface area contributed by atoms with E-state index in [9.17, 15) is 24.3 Å². The predicted octanol–water partition coefficient (Wildman–Crippen LogP) is 5.43. The fourth-order valence-electron chi connectivity index (χ4n) is 8.41. The molecular formula is C31H30F2O8S. The van der Waals surface area contributed by atoms with E-state index in [-0.39, 0.29) is 36.4 Å². The first kappa shape index (κ1) is 28.8. The molecule has 4 aliphatic carbocycles. The van der Waals surface area contributed by atoms with Crippen LogP contribution >= 0.6 is 11.8 Å². The van der Waals surface area contributed by atoms with E-state index >= 15 is 8.78 Å². The molecule has 3 fully saturated rings. The molecule has 8 nitrogen and oxygen atoms in total. The molecule has 11 heteroatoms. The lowest BCUT2D eigenvalue weighted by molar-refractivity contribution is -0.221. The number of alkyl halides is 2. The van der Waals surface area contributed by atoms with Crippen LogP contribution in [0.25, 0.3) is 0 Å². The second-order valence-corrected chi connectivity index (χ2v) is 13.2. The summed E-state index contributed by atoms with van der Waals surface area (Å²) in [6.07, 6.45) is 2.26. The summed E-state index contributed by atoms with van der Waals surface area (Å²) in [6, 6.07) is 5.73. The quantitative estimate of drug-likeness (QED) is 0.457. The van der Waals surface area contributed by atoms with Crippen molar-refractivity contribution in [3.63, 3.8) is 0 Å². The van der Waals surface area contributed by atoms with Gasteiger partial charge < -0.3 is 18.7 Å². The predicted molar refractivity (Wildman–Crippen MR) is 146 cm³/mol.